The number of nitrogens with zero attached hydrogens (tertiary/aromatic N) is 1. The number of imide groups is 1. The van der Waals surface area contributed by atoms with Crippen LogP contribution in [0.15, 0.2) is 12.4 Å². The monoisotopic (exact) mass is 518 g/mol. The number of rotatable bonds is 4. The number of hydrogen-bond acceptors (Lipinski definition) is 6. The van der Waals surface area contributed by atoms with E-state index in [1.807, 2.05) is 6.92 Å². The Labute approximate surface area is 219 Å². The van der Waals surface area contributed by atoms with E-state index in [4.69, 9.17) is 9.47 Å². The minimum Gasteiger partial charge on any atom is -0.445 e. The number of piperidine rings is 1. The van der Waals surface area contributed by atoms with Crippen LogP contribution in [0.25, 0.3) is 0 Å². The van der Waals surface area contributed by atoms with Crippen LogP contribution in [0.5, 0.6) is 0 Å². The van der Waals surface area contributed by atoms with Gasteiger partial charge in [0.1, 0.15) is 11.9 Å². The Kier molecular flexibility index (Phi) is 6.83. The molecule has 5 aliphatic rings. The first-order valence-electron chi connectivity index (χ1n) is 14.1. The Morgan fingerprint density at radius 3 is 2.49 bits per heavy atom. The zero-order valence-electron chi connectivity index (χ0n) is 22.9. The van der Waals surface area contributed by atoms with E-state index in [2.05, 4.69) is 24.1 Å². The van der Waals surface area contributed by atoms with Gasteiger partial charge in [0, 0.05) is 43.9 Å². The van der Waals surface area contributed by atoms with Crippen LogP contribution in [-0.4, -0.2) is 61.6 Å². The largest absolute Gasteiger partial charge is 0.445 e. The number of carbonyl (C=O) groups excluding carboxylic acids is 3. The number of halogens is 1. The van der Waals surface area contributed by atoms with Gasteiger partial charge < -0.3 is 14.4 Å². The second-order valence-electron chi connectivity index (χ2n) is 13.1. The highest BCUT2D eigenvalue weighted by Gasteiger charge is 2.68. The molecular formula is C29H43FN2O5. The molecule has 0 aromatic heterocycles. The molecule has 2 aliphatic heterocycles. The van der Waals surface area contributed by atoms with E-state index in [0.717, 1.165) is 45.2 Å². The first-order chi connectivity index (χ1) is 17.5. The number of carbonyl (C=O) groups is 3. The van der Waals surface area contributed by atoms with E-state index in [1.54, 1.807) is 14.0 Å². The summed E-state index contributed by atoms with van der Waals surface area (Å²) in [4.78, 5) is 42.5. The molecule has 4 bridgehead atoms. The third kappa shape index (κ3) is 4.00. The van der Waals surface area contributed by atoms with E-state index in [1.165, 1.54) is 6.08 Å². The fourth-order valence-corrected chi connectivity index (χ4v) is 9.33. The molecule has 3 saturated carbocycles. The molecule has 3 aliphatic carbocycles. The molecule has 0 aromatic carbocycles. The van der Waals surface area contributed by atoms with Crippen molar-refractivity contribution >= 4 is 17.8 Å². The average molecular weight is 519 g/mol. The molecule has 7 nitrogen and oxygen atoms in total. The summed E-state index contributed by atoms with van der Waals surface area (Å²) in [6, 6.07) is 0. The van der Waals surface area contributed by atoms with Gasteiger partial charge in [-0.1, -0.05) is 20.8 Å². The Hall–Kier alpha value is -1.80. The highest BCUT2D eigenvalue weighted by molar-refractivity contribution is 5.94. The van der Waals surface area contributed by atoms with Crippen LogP contribution in [0.2, 0.25) is 0 Å². The predicted molar refractivity (Wildman–Crippen MR) is 136 cm³/mol. The Morgan fingerprint density at radius 1 is 1.14 bits per heavy atom. The van der Waals surface area contributed by atoms with Crippen molar-refractivity contribution in [3.8, 4) is 0 Å². The number of ether oxygens (including phenoxy) is 2. The van der Waals surface area contributed by atoms with Crippen molar-refractivity contribution in [3.63, 3.8) is 0 Å². The summed E-state index contributed by atoms with van der Waals surface area (Å²) in [5.74, 6) is -0.290. The fourth-order valence-electron chi connectivity index (χ4n) is 9.33. The number of alkyl carbamates (subject to hydrolysis) is 1. The number of ketones is 1. The number of methoxy groups -OCH3 is 1. The van der Waals surface area contributed by atoms with Gasteiger partial charge in [0.25, 0.3) is 0 Å². The van der Waals surface area contributed by atoms with Gasteiger partial charge in [-0.05, 0) is 68.9 Å². The second-order valence-corrected chi connectivity index (χ2v) is 13.1. The first kappa shape index (κ1) is 26.8. The van der Waals surface area contributed by atoms with Crippen molar-refractivity contribution in [2.24, 2.45) is 45.8 Å². The molecule has 37 heavy (non-hydrogen) atoms. The van der Waals surface area contributed by atoms with E-state index >= 15 is 0 Å². The molecule has 1 N–H and O–H groups in total. The van der Waals surface area contributed by atoms with Crippen molar-refractivity contribution in [1.29, 1.82) is 0 Å². The van der Waals surface area contributed by atoms with Crippen molar-refractivity contribution in [2.45, 2.75) is 78.4 Å². The summed E-state index contributed by atoms with van der Waals surface area (Å²) in [5.41, 5.74) is -1.92. The zero-order chi connectivity index (χ0) is 26.8. The highest BCUT2D eigenvalue weighted by Crippen LogP contribution is 2.68. The van der Waals surface area contributed by atoms with E-state index in [9.17, 15) is 18.8 Å². The van der Waals surface area contributed by atoms with Gasteiger partial charge in [0.05, 0.1) is 23.8 Å². The minimum atomic E-state index is -1.12. The first-order valence-corrected chi connectivity index (χ1v) is 14.1. The van der Waals surface area contributed by atoms with E-state index < -0.39 is 23.0 Å². The van der Waals surface area contributed by atoms with Crippen LogP contribution in [-0.2, 0) is 19.1 Å². The molecule has 0 radical (unpaired) electrons. The summed E-state index contributed by atoms with van der Waals surface area (Å²) < 4.78 is 25.9. The maximum absolute atomic E-state index is 14.0. The molecule has 2 amide bonds. The van der Waals surface area contributed by atoms with Crippen LogP contribution >= 0.6 is 0 Å². The molecule has 5 rings (SSSR count). The number of Topliss-reactive ketones (excluding diaryl/α,β-unsaturated/α-hetero) is 1. The number of fused-ring (bicyclic) bond motifs is 2. The van der Waals surface area contributed by atoms with Crippen LogP contribution in [0, 0.1) is 45.8 Å². The van der Waals surface area contributed by atoms with Gasteiger partial charge in [-0.25, -0.2) is 9.18 Å². The van der Waals surface area contributed by atoms with Gasteiger partial charge in [0.15, 0.2) is 0 Å². The Balaban J connectivity index is 1.49. The third-order valence-corrected chi connectivity index (χ3v) is 11.7. The minimum absolute atomic E-state index is 0.0125. The lowest BCUT2D eigenvalue weighted by Gasteiger charge is -2.61. The number of allylic oxidation sites excluding steroid dienone is 1. The third-order valence-electron chi connectivity index (χ3n) is 11.7. The number of amides is 2. The van der Waals surface area contributed by atoms with Crippen LogP contribution in [0.1, 0.15) is 66.2 Å². The van der Waals surface area contributed by atoms with E-state index in [-0.39, 0.29) is 59.2 Å². The van der Waals surface area contributed by atoms with Crippen LogP contribution in [0.4, 0.5) is 9.18 Å². The van der Waals surface area contributed by atoms with E-state index in [0.29, 0.717) is 12.9 Å². The predicted octanol–water partition coefficient (Wildman–Crippen LogP) is 4.51. The van der Waals surface area contributed by atoms with Gasteiger partial charge in [-0.15, -0.1) is 0 Å². The molecule has 2 heterocycles. The molecule has 8 heteroatoms. The maximum Gasteiger partial charge on any atom is 0.414 e. The SMILES string of the molecule is CO[C@@H]1CCC23CC[C@@H](C)[C@](C)(C12)[C@H](OC(=O)NC(=O)[C@H]1CN2CC[C@H]1C2)C[C@@](C)(/C=C/F)C(=O)[C@@H]3C. The van der Waals surface area contributed by atoms with Gasteiger partial charge >= 0.3 is 6.09 Å². The number of nitrogens with one attached hydrogen (secondary N) is 1. The normalized spacial score (nSPS) is 49.0. The maximum atomic E-state index is 14.0. The molecular weight excluding hydrogens is 475 g/mol. The quantitative estimate of drug-likeness (QED) is 0.590. The highest BCUT2D eigenvalue weighted by atomic mass is 19.1. The summed E-state index contributed by atoms with van der Waals surface area (Å²) in [7, 11) is 1.72. The lowest BCUT2D eigenvalue weighted by molar-refractivity contribution is -0.189. The molecule has 5 fully saturated rings. The van der Waals surface area contributed by atoms with Crippen molar-refractivity contribution < 1.29 is 28.2 Å². The van der Waals surface area contributed by atoms with Gasteiger partial charge in [0.2, 0.25) is 5.91 Å². The molecule has 2 saturated heterocycles. The topological polar surface area (TPSA) is 84.9 Å². The smallest absolute Gasteiger partial charge is 0.414 e. The van der Waals surface area contributed by atoms with Crippen molar-refractivity contribution in [3.05, 3.63) is 12.4 Å². The molecule has 3 unspecified atom stereocenters. The summed E-state index contributed by atoms with van der Waals surface area (Å²) in [6.07, 6.45) is 4.93. The van der Waals surface area contributed by atoms with Crippen molar-refractivity contribution in [2.75, 3.05) is 26.7 Å². The van der Waals surface area contributed by atoms with Crippen molar-refractivity contribution in [1.82, 2.24) is 10.2 Å². The van der Waals surface area contributed by atoms with Crippen LogP contribution < -0.4 is 5.32 Å². The summed E-state index contributed by atoms with van der Waals surface area (Å²) in [6.45, 7) is 10.7. The summed E-state index contributed by atoms with van der Waals surface area (Å²) >= 11 is 0. The standard InChI is InChI=1S/C29H43FN2O5/c1-17-6-9-29-10-7-21(36-5)23(29)28(17,4)22(14-27(3,11-12-30)24(33)18(29)2)37-26(35)31-25(34)20-16-32-13-8-19(20)15-32/h11-12,17-23H,6-10,13-16H2,1-5H3,(H,31,34,35)/b12-11+/t17-,18+,19+,20+,21-,22-,23?,27-,28+,29?/m1/s1. The fraction of sp³-hybridized carbons (Fsp3) is 0.828. The lowest BCUT2D eigenvalue weighted by atomic mass is 9.44. The zero-order valence-corrected chi connectivity index (χ0v) is 22.9. The molecule has 11 atom stereocenters. The average Bonchev–Trinajstić information content (AvgIpc) is 3.59. The number of hydrogen-bond donors (Lipinski definition) is 1. The Bertz CT molecular complexity index is 987. The molecule has 206 valence electrons. The van der Waals surface area contributed by atoms with Gasteiger partial charge in [-0.3, -0.25) is 14.9 Å². The molecule has 0 aromatic rings. The Morgan fingerprint density at radius 2 is 1.86 bits per heavy atom. The second kappa shape index (κ2) is 9.44. The van der Waals surface area contributed by atoms with Gasteiger partial charge in [-0.2, -0.15) is 0 Å². The van der Waals surface area contributed by atoms with Crippen LogP contribution in [0.3, 0.4) is 0 Å². The summed E-state index contributed by atoms with van der Waals surface area (Å²) in [5, 5.41) is 2.52. The lowest BCUT2D eigenvalue weighted by Crippen LogP contribution is -2.63. The molecule has 0 spiro atoms.